The standard InChI is InChI=1S/C20H18O/c21-20-15-19(17-9-5-2-6-10-17)14-13-18(20)12-11-16-7-3-1-4-8-16/h1-10,13-15,21H,11-12H2. The van der Waals surface area contributed by atoms with Gasteiger partial charge in [-0.05, 0) is 41.2 Å². The third-order valence-corrected chi connectivity index (χ3v) is 3.72. The van der Waals surface area contributed by atoms with E-state index in [1.165, 1.54) is 5.56 Å². The van der Waals surface area contributed by atoms with Crippen LogP contribution in [-0.4, -0.2) is 5.11 Å². The molecule has 0 spiro atoms. The van der Waals surface area contributed by atoms with Gasteiger partial charge in [0.25, 0.3) is 0 Å². The summed E-state index contributed by atoms with van der Waals surface area (Å²) in [5.41, 5.74) is 4.47. The molecule has 1 heteroatoms. The fraction of sp³-hybridized carbons (Fsp3) is 0.100. The first-order valence-electron chi connectivity index (χ1n) is 7.24. The van der Waals surface area contributed by atoms with Gasteiger partial charge in [0.15, 0.2) is 0 Å². The number of phenolic OH excluding ortho intramolecular Hbond substituents is 1. The van der Waals surface area contributed by atoms with E-state index in [-0.39, 0.29) is 0 Å². The molecule has 0 aliphatic heterocycles. The van der Waals surface area contributed by atoms with Crippen LogP contribution in [-0.2, 0) is 12.8 Å². The van der Waals surface area contributed by atoms with Crippen molar-refractivity contribution in [2.24, 2.45) is 0 Å². The van der Waals surface area contributed by atoms with Gasteiger partial charge in [0.1, 0.15) is 5.75 Å². The normalized spacial score (nSPS) is 10.5. The average Bonchev–Trinajstić information content (AvgIpc) is 2.55. The molecule has 0 unspecified atom stereocenters. The lowest BCUT2D eigenvalue weighted by Crippen LogP contribution is -1.92. The van der Waals surface area contributed by atoms with Crippen LogP contribution in [0.15, 0.2) is 78.9 Å². The maximum Gasteiger partial charge on any atom is 0.119 e. The number of rotatable bonds is 4. The summed E-state index contributed by atoms with van der Waals surface area (Å²) in [7, 11) is 0. The summed E-state index contributed by atoms with van der Waals surface area (Å²) in [4.78, 5) is 0. The highest BCUT2D eigenvalue weighted by Crippen LogP contribution is 2.27. The molecule has 3 rings (SSSR count). The second-order valence-electron chi connectivity index (χ2n) is 5.20. The lowest BCUT2D eigenvalue weighted by Gasteiger charge is -2.08. The van der Waals surface area contributed by atoms with Crippen molar-refractivity contribution in [2.45, 2.75) is 12.8 Å². The summed E-state index contributed by atoms with van der Waals surface area (Å²) in [6.07, 6.45) is 1.80. The van der Waals surface area contributed by atoms with Crippen LogP contribution in [0, 0.1) is 0 Å². The number of hydrogen-bond donors (Lipinski definition) is 1. The molecule has 0 atom stereocenters. The Labute approximate surface area is 125 Å². The Morgan fingerprint density at radius 3 is 1.95 bits per heavy atom. The summed E-state index contributed by atoms with van der Waals surface area (Å²) in [6.45, 7) is 0. The fourth-order valence-corrected chi connectivity index (χ4v) is 2.51. The molecular formula is C20H18O. The highest BCUT2D eigenvalue weighted by Gasteiger charge is 2.04. The predicted octanol–water partition coefficient (Wildman–Crippen LogP) is 4.84. The van der Waals surface area contributed by atoms with E-state index < -0.39 is 0 Å². The first-order chi connectivity index (χ1) is 10.3. The van der Waals surface area contributed by atoms with Crippen molar-refractivity contribution >= 4 is 0 Å². The molecule has 0 aromatic heterocycles. The van der Waals surface area contributed by atoms with Gasteiger partial charge >= 0.3 is 0 Å². The monoisotopic (exact) mass is 274 g/mol. The Kier molecular flexibility index (Phi) is 4.02. The predicted molar refractivity (Wildman–Crippen MR) is 87.4 cm³/mol. The van der Waals surface area contributed by atoms with Crippen LogP contribution in [0.5, 0.6) is 5.75 Å². The average molecular weight is 274 g/mol. The summed E-state index contributed by atoms with van der Waals surface area (Å²) in [6, 6.07) is 26.5. The number of aromatic hydroxyl groups is 1. The van der Waals surface area contributed by atoms with Crippen LogP contribution in [0.2, 0.25) is 0 Å². The van der Waals surface area contributed by atoms with Gasteiger partial charge in [0.05, 0.1) is 0 Å². The van der Waals surface area contributed by atoms with Gasteiger partial charge in [-0.1, -0.05) is 72.8 Å². The minimum absolute atomic E-state index is 0.382. The molecule has 0 radical (unpaired) electrons. The first kappa shape index (κ1) is 13.4. The molecule has 21 heavy (non-hydrogen) atoms. The molecule has 0 fully saturated rings. The van der Waals surface area contributed by atoms with Gasteiger partial charge in [0, 0.05) is 0 Å². The van der Waals surface area contributed by atoms with E-state index in [0.717, 1.165) is 29.5 Å². The maximum atomic E-state index is 10.2. The molecule has 0 bridgehead atoms. The molecule has 3 aromatic rings. The van der Waals surface area contributed by atoms with E-state index in [4.69, 9.17) is 0 Å². The van der Waals surface area contributed by atoms with Crippen molar-refractivity contribution in [2.75, 3.05) is 0 Å². The molecule has 0 saturated heterocycles. The Balaban J connectivity index is 1.76. The van der Waals surface area contributed by atoms with Crippen LogP contribution in [0.3, 0.4) is 0 Å². The van der Waals surface area contributed by atoms with Crippen LogP contribution in [0.25, 0.3) is 11.1 Å². The second kappa shape index (κ2) is 6.27. The molecular weight excluding hydrogens is 256 g/mol. The van der Waals surface area contributed by atoms with Crippen molar-refractivity contribution in [1.29, 1.82) is 0 Å². The molecule has 0 amide bonds. The van der Waals surface area contributed by atoms with Gasteiger partial charge in [-0.15, -0.1) is 0 Å². The third kappa shape index (κ3) is 3.32. The zero-order valence-corrected chi connectivity index (χ0v) is 11.9. The van der Waals surface area contributed by atoms with Gasteiger partial charge in [-0.25, -0.2) is 0 Å². The van der Waals surface area contributed by atoms with Crippen LogP contribution < -0.4 is 0 Å². The molecule has 0 heterocycles. The van der Waals surface area contributed by atoms with E-state index in [9.17, 15) is 5.11 Å². The highest BCUT2D eigenvalue weighted by molar-refractivity contribution is 5.65. The third-order valence-electron chi connectivity index (χ3n) is 3.72. The fourth-order valence-electron chi connectivity index (χ4n) is 2.51. The number of benzene rings is 3. The van der Waals surface area contributed by atoms with Gasteiger partial charge in [-0.2, -0.15) is 0 Å². The van der Waals surface area contributed by atoms with Crippen LogP contribution in [0.1, 0.15) is 11.1 Å². The summed E-state index contributed by atoms with van der Waals surface area (Å²) in [5, 5.41) is 10.2. The van der Waals surface area contributed by atoms with Gasteiger partial charge in [0.2, 0.25) is 0 Å². The molecule has 0 aliphatic carbocycles. The Bertz CT molecular complexity index is 702. The zero-order valence-electron chi connectivity index (χ0n) is 11.9. The lowest BCUT2D eigenvalue weighted by molar-refractivity contribution is 0.468. The lowest BCUT2D eigenvalue weighted by atomic mass is 9.99. The van der Waals surface area contributed by atoms with Crippen molar-refractivity contribution < 1.29 is 5.11 Å². The van der Waals surface area contributed by atoms with Crippen molar-refractivity contribution in [3.8, 4) is 16.9 Å². The number of aryl methyl sites for hydroxylation is 2. The van der Waals surface area contributed by atoms with Crippen LogP contribution in [0.4, 0.5) is 0 Å². The summed E-state index contributed by atoms with van der Waals surface area (Å²) >= 11 is 0. The van der Waals surface area contributed by atoms with Crippen LogP contribution >= 0.6 is 0 Å². The summed E-state index contributed by atoms with van der Waals surface area (Å²) in [5.74, 6) is 0.382. The molecule has 1 nitrogen and oxygen atoms in total. The second-order valence-corrected chi connectivity index (χ2v) is 5.20. The van der Waals surface area contributed by atoms with Crippen molar-refractivity contribution in [1.82, 2.24) is 0 Å². The molecule has 0 aliphatic rings. The van der Waals surface area contributed by atoms with E-state index >= 15 is 0 Å². The quantitative estimate of drug-likeness (QED) is 0.721. The van der Waals surface area contributed by atoms with Gasteiger partial charge in [-0.3, -0.25) is 0 Å². The first-order valence-corrected chi connectivity index (χ1v) is 7.24. The minimum atomic E-state index is 0.382. The Morgan fingerprint density at radius 1 is 0.619 bits per heavy atom. The molecule has 3 aromatic carbocycles. The molecule has 1 N–H and O–H groups in total. The van der Waals surface area contributed by atoms with E-state index in [1.807, 2.05) is 48.5 Å². The van der Waals surface area contributed by atoms with E-state index in [2.05, 4.69) is 30.3 Å². The highest BCUT2D eigenvalue weighted by atomic mass is 16.3. The van der Waals surface area contributed by atoms with Crippen molar-refractivity contribution in [3.05, 3.63) is 90.0 Å². The SMILES string of the molecule is Oc1cc(-c2ccccc2)ccc1CCc1ccccc1. The zero-order chi connectivity index (χ0) is 14.5. The minimum Gasteiger partial charge on any atom is -0.508 e. The number of phenols is 1. The van der Waals surface area contributed by atoms with E-state index in [1.54, 1.807) is 0 Å². The largest absolute Gasteiger partial charge is 0.508 e. The Hall–Kier alpha value is -2.54. The smallest absolute Gasteiger partial charge is 0.119 e. The van der Waals surface area contributed by atoms with Gasteiger partial charge < -0.3 is 5.11 Å². The summed E-state index contributed by atoms with van der Waals surface area (Å²) < 4.78 is 0. The van der Waals surface area contributed by atoms with E-state index in [0.29, 0.717) is 5.75 Å². The molecule has 104 valence electrons. The molecule has 0 saturated carbocycles. The van der Waals surface area contributed by atoms with Crippen molar-refractivity contribution in [3.63, 3.8) is 0 Å². The number of hydrogen-bond acceptors (Lipinski definition) is 1. The Morgan fingerprint density at radius 2 is 1.29 bits per heavy atom. The maximum absolute atomic E-state index is 10.2. The topological polar surface area (TPSA) is 20.2 Å².